The van der Waals surface area contributed by atoms with Crippen LogP contribution in [-0.2, 0) is 0 Å². The Labute approximate surface area is 174 Å². The fourth-order valence-electron chi connectivity index (χ4n) is 3.47. The molecule has 4 rings (SSSR count). The van der Waals surface area contributed by atoms with Gasteiger partial charge in [0.2, 0.25) is 0 Å². The lowest BCUT2D eigenvalue weighted by Crippen LogP contribution is -2.41. The molecule has 4 heterocycles. The van der Waals surface area contributed by atoms with Crippen LogP contribution >= 0.6 is 0 Å². The number of rotatable bonds is 4. The highest BCUT2D eigenvalue weighted by Gasteiger charge is 2.46. The van der Waals surface area contributed by atoms with Gasteiger partial charge in [0.05, 0.1) is 6.20 Å². The molecule has 31 heavy (non-hydrogen) atoms. The number of anilines is 2. The van der Waals surface area contributed by atoms with Crippen LogP contribution in [0.15, 0.2) is 42.7 Å². The summed E-state index contributed by atoms with van der Waals surface area (Å²) in [4.78, 5) is 22.1. The highest BCUT2D eigenvalue weighted by atomic mass is 19.4. The van der Waals surface area contributed by atoms with Gasteiger partial charge in [-0.05, 0) is 37.1 Å². The Bertz CT molecular complexity index is 1160. The Morgan fingerprint density at radius 1 is 1.29 bits per heavy atom. The number of hydrogen-bond donors (Lipinski definition) is 3. The summed E-state index contributed by atoms with van der Waals surface area (Å²) >= 11 is 0. The van der Waals surface area contributed by atoms with Crippen molar-refractivity contribution in [1.82, 2.24) is 19.6 Å². The second-order valence-electron chi connectivity index (χ2n) is 6.91. The number of hydrogen-bond acceptors (Lipinski definition) is 7. The van der Waals surface area contributed by atoms with E-state index < -0.39 is 18.1 Å². The minimum absolute atomic E-state index is 0.00735. The molecule has 3 aromatic heterocycles. The lowest BCUT2D eigenvalue weighted by atomic mass is 10.2. The summed E-state index contributed by atoms with van der Waals surface area (Å²) in [5.74, 6) is -0.634. The number of pyridine rings is 1. The number of aromatic nitrogens is 4. The van der Waals surface area contributed by atoms with Crippen LogP contribution in [0.5, 0.6) is 0 Å². The number of aliphatic hydroxyl groups is 1. The topological polar surface area (TPSA) is 122 Å². The summed E-state index contributed by atoms with van der Waals surface area (Å²) in [6.45, 7) is 0.216. The van der Waals surface area contributed by atoms with E-state index in [1.807, 2.05) is 0 Å². The number of nitrogens with two attached hydrogens (primary N) is 1. The predicted octanol–water partition coefficient (Wildman–Crippen LogP) is 2.72. The highest BCUT2D eigenvalue weighted by Crippen LogP contribution is 2.35. The number of nitrogens with one attached hydrogen (secondary N) is 1. The molecule has 0 spiro atoms. The molecule has 12 heteroatoms. The van der Waals surface area contributed by atoms with Gasteiger partial charge in [0, 0.05) is 12.7 Å². The maximum Gasteiger partial charge on any atom is 0.408 e. The molecule has 1 fully saturated rings. The Morgan fingerprint density at radius 2 is 2.10 bits per heavy atom. The number of carbonyl (C=O) groups is 1. The number of halogens is 3. The molecule has 0 radical (unpaired) electrons. The van der Waals surface area contributed by atoms with E-state index in [-0.39, 0.29) is 41.7 Å². The first kappa shape index (κ1) is 20.4. The third-order valence-electron chi connectivity index (χ3n) is 4.92. The Balaban J connectivity index is 1.63. The van der Waals surface area contributed by atoms with Gasteiger partial charge >= 0.3 is 6.18 Å². The van der Waals surface area contributed by atoms with E-state index in [1.165, 1.54) is 39.9 Å². The quantitative estimate of drug-likeness (QED) is 0.541. The van der Waals surface area contributed by atoms with E-state index in [9.17, 15) is 23.1 Å². The highest BCUT2D eigenvalue weighted by molar-refractivity contribution is 6.02. The van der Waals surface area contributed by atoms with Gasteiger partial charge in [-0.15, -0.1) is 5.10 Å². The van der Waals surface area contributed by atoms with Gasteiger partial charge in [-0.25, -0.2) is 14.5 Å². The van der Waals surface area contributed by atoms with Gasteiger partial charge in [0.25, 0.3) is 5.91 Å². The molecule has 0 aliphatic carbocycles. The van der Waals surface area contributed by atoms with Gasteiger partial charge in [0.15, 0.2) is 17.1 Å². The van der Waals surface area contributed by atoms with E-state index >= 15 is 0 Å². The largest absolute Gasteiger partial charge is 0.504 e. The summed E-state index contributed by atoms with van der Waals surface area (Å²) in [5, 5.41) is 16.5. The standard InChI is InChI=1S/C19H18F3N7O2/c20-19(21,22)14-4-2-8-28(14)17-7-6-16-24-10-12(29(16)27-17)18(31)26-15-5-1-3-11(25-15)13(30)9-23/h1,3,5-7,9-10,14,30H,2,4,8,23H2,(H,25,26,31)/b13-9-. The Kier molecular flexibility index (Phi) is 5.13. The van der Waals surface area contributed by atoms with Gasteiger partial charge < -0.3 is 21.1 Å². The summed E-state index contributed by atoms with van der Waals surface area (Å²) in [5.41, 5.74) is 5.75. The van der Waals surface area contributed by atoms with E-state index in [0.717, 1.165) is 6.20 Å². The van der Waals surface area contributed by atoms with Crippen molar-refractivity contribution in [3.63, 3.8) is 0 Å². The lowest BCUT2D eigenvalue weighted by Gasteiger charge is -2.27. The monoisotopic (exact) mass is 433 g/mol. The number of alkyl halides is 3. The molecule has 1 saturated heterocycles. The van der Waals surface area contributed by atoms with Crippen LogP contribution in [0.3, 0.4) is 0 Å². The van der Waals surface area contributed by atoms with E-state index in [1.54, 1.807) is 6.07 Å². The number of nitrogens with zero attached hydrogens (tertiary/aromatic N) is 5. The van der Waals surface area contributed by atoms with Crippen LogP contribution in [-0.4, -0.2) is 49.4 Å². The van der Waals surface area contributed by atoms with E-state index in [4.69, 9.17) is 5.73 Å². The van der Waals surface area contributed by atoms with Gasteiger partial charge in [-0.3, -0.25) is 4.79 Å². The minimum atomic E-state index is -4.37. The van der Waals surface area contributed by atoms with Crippen molar-refractivity contribution in [3.8, 4) is 0 Å². The average molecular weight is 433 g/mol. The number of aliphatic hydroxyl groups excluding tert-OH is 1. The zero-order valence-corrected chi connectivity index (χ0v) is 16.0. The van der Waals surface area contributed by atoms with E-state index in [0.29, 0.717) is 12.1 Å². The number of fused-ring (bicyclic) bond motifs is 1. The molecule has 1 aliphatic heterocycles. The van der Waals surface area contributed by atoms with Crippen LogP contribution in [0.25, 0.3) is 11.4 Å². The molecule has 0 saturated carbocycles. The Hall–Kier alpha value is -3.83. The predicted molar refractivity (Wildman–Crippen MR) is 106 cm³/mol. The molecular weight excluding hydrogens is 415 g/mol. The zero-order valence-electron chi connectivity index (χ0n) is 16.0. The molecule has 0 bridgehead atoms. The summed E-state index contributed by atoms with van der Waals surface area (Å²) in [6.07, 6.45) is -1.74. The maximum absolute atomic E-state index is 13.3. The number of carbonyl (C=O) groups excluding carboxylic acids is 1. The van der Waals surface area contributed by atoms with E-state index in [2.05, 4.69) is 20.4 Å². The van der Waals surface area contributed by atoms with Crippen LogP contribution < -0.4 is 16.0 Å². The summed E-state index contributed by atoms with van der Waals surface area (Å²) in [6, 6.07) is 5.92. The second kappa shape index (κ2) is 7.78. The fraction of sp³-hybridized carbons (Fsp3) is 0.263. The Morgan fingerprint density at radius 3 is 2.84 bits per heavy atom. The number of imidazole rings is 1. The first-order valence-corrected chi connectivity index (χ1v) is 9.35. The fourth-order valence-corrected chi connectivity index (χ4v) is 3.47. The molecule has 162 valence electrons. The van der Waals surface area contributed by atoms with Crippen molar-refractivity contribution in [2.45, 2.75) is 25.1 Å². The van der Waals surface area contributed by atoms with Crippen molar-refractivity contribution >= 4 is 28.9 Å². The molecule has 9 nitrogen and oxygen atoms in total. The number of amides is 1. The summed E-state index contributed by atoms with van der Waals surface area (Å²) in [7, 11) is 0. The third-order valence-corrected chi connectivity index (χ3v) is 4.92. The van der Waals surface area contributed by atoms with Gasteiger partial charge in [-0.2, -0.15) is 13.2 Å². The minimum Gasteiger partial charge on any atom is -0.504 e. The van der Waals surface area contributed by atoms with Crippen LogP contribution in [0, 0.1) is 0 Å². The first-order valence-electron chi connectivity index (χ1n) is 9.35. The maximum atomic E-state index is 13.3. The van der Waals surface area contributed by atoms with Crippen LogP contribution in [0.2, 0.25) is 0 Å². The van der Waals surface area contributed by atoms with Crippen molar-refractivity contribution in [3.05, 3.63) is 54.1 Å². The summed E-state index contributed by atoms with van der Waals surface area (Å²) < 4.78 is 41.2. The zero-order chi connectivity index (χ0) is 22.2. The van der Waals surface area contributed by atoms with Crippen molar-refractivity contribution < 1.29 is 23.1 Å². The molecule has 3 aromatic rings. The second-order valence-corrected chi connectivity index (χ2v) is 6.91. The van der Waals surface area contributed by atoms with Crippen molar-refractivity contribution in [1.29, 1.82) is 0 Å². The molecule has 4 N–H and O–H groups in total. The van der Waals surface area contributed by atoms with Crippen LogP contribution in [0.1, 0.15) is 29.0 Å². The molecule has 1 amide bonds. The third kappa shape index (κ3) is 3.96. The lowest BCUT2D eigenvalue weighted by molar-refractivity contribution is -0.146. The van der Waals surface area contributed by atoms with Gasteiger partial charge in [0.1, 0.15) is 23.4 Å². The van der Waals surface area contributed by atoms with Gasteiger partial charge in [-0.1, -0.05) is 6.07 Å². The smallest absolute Gasteiger partial charge is 0.408 e. The SMILES string of the molecule is N/C=C(\O)c1cccc(NC(=O)c2cnc3ccc(N4CCCC4C(F)(F)F)nn23)n1. The van der Waals surface area contributed by atoms with Crippen LogP contribution in [0.4, 0.5) is 24.8 Å². The van der Waals surface area contributed by atoms with Crippen molar-refractivity contribution in [2.75, 3.05) is 16.8 Å². The molecule has 1 aliphatic rings. The molecule has 1 unspecified atom stereocenters. The first-order chi connectivity index (χ1) is 14.8. The van der Waals surface area contributed by atoms with Crippen molar-refractivity contribution in [2.24, 2.45) is 5.73 Å². The normalized spacial score (nSPS) is 17.3. The average Bonchev–Trinajstić information content (AvgIpc) is 3.40. The molecule has 0 aromatic carbocycles. The molecular formula is C19H18F3N7O2. The molecule has 1 atom stereocenters.